The van der Waals surface area contributed by atoms with E-state index in [1.165, 1.54) is 12.1 Å². The largest absolute Gasteiger partial charge is 0.416 e. The van der Waals surface area contributed by atoms with E-state index >= 15 is 0 Å². The predicted octanol–water partition coefficient (Wildman–Crippen LogP) is 5.28. The van der Waals surface area contributed by atoms with Crippen LogP contribution in [0.5, 0.6) is 0 Å². The van der Waals surface area contributed by atoms with Crippen LogP contribution >= 0.6 is 15.9 Å². The first-order valence-electron chi connectivity index (χ1n) is 6.04. The Morgan fingerprint density at radius 1 is 0.900 bits per heavy atom. The Balaban J connectivity index is 1.78. The molecule has 1 aliphatic rings. The summed E-state index contributed by atoms with van der Waals surface area (Å²) in [7, 11) is 0. The normalized spacial score (nSPS) is 21.8. The van der Waals surface area contributed by atoms with Gasteiger partial charge in [-0.25, -0.2) is 0 Å². The molecule has 1 saturated heterocycles. The van der Waals surface area contributed by atoms with Crippen molar-refractivity contribution in [1.82, 2.24) is 0 Å². The highest BCUT2D eigenvalue weighted by atomic mass is 79.9. The van der Waals surface area contributed by atoms with E-state index < -0.39 is 11.7 Å². The van der Waals surface area contributed by atoms with Gasteiger partial charge in [-0.1, -0.05) is 46.3 Å². The Labute approximate surface area is 122 Å². The number of rotatable bonds is 2. The highest BCUT2D eigenvalue weighted by Gasteiger charge is 2.42. The van der Waals surface area contributed by atoms with Gasteiger partial charge < -0.3 is 4.74 Å². The first-order valence-corrected chi connectivity index (χ1v) is 6.83. The maximum Gasteiger partial charge on any atom is 0.416 e. The molecule has 0 unspecified atom stereocenters. The van der Waals surface area contributed by atoms with Gasteiger partial charge in [-0.15, -0.1) is 0 Å². The second-order valence-corrected chi connectivity index (χ2v) is 5.47. The van der Waals surface area contributed by atoms with Crippen LogP contribution in [0.15, 0.2) is 53.0 Å². The number of epoxide rings is 1. The third-order valence-corrected chi connectivity index (χ3v) is 3.99. The molecule has 104 valence electrons. The summed E-state index contributed by atoms with van der Waals surface area (Å²) < 4.78 is 44.0. The lowest BCUT2D eigenvalue weighted by molar-refractivity contribution is -0.137. The van der Waals surface area contributed by atoms with E-state index in [9.17, 15) is 13.2 Å². The molecule has 0 spiro atoms. The van der Waals surface area contributed by atoms with Gasteiger partial charge in [-0.3, -0.25) is 0 Å². The fraction of sp³-hybridized carbons (Fsp3) is 0.200. The summed E-state index contributed by atoms with van der Waals surface area (Å²) in [5.41, 5.74) is 1.13. The topological polar surface area (TPSA) is 12.5 Å². The van der Waals surface area contributed by atoms with Crippen LogP contribution in [0.25, 0.3) is 0 Å². The van der Waals surface area contributed by atoms with Gasteiger partial charge in [0.1, 0.15) is 12.2 Å². The summed E-state index contributed by atoms with van der Waals surface area (Å²) in [6, 6.07) is 12.8. The molecule has 2 aromatic carbocycles. The van der Waals surface area contributed by atoms with Crippen molar-refractivity contribution >= 4 is 15.9 Å². The monoisotopic (exact) mass is 342 g/mol. The minimum atomic E-state index is -4.30. The highest BCUT2D eigenvalue weighted by Crippen LogP contribution is 2.52. The van der Waals surface area contributed by atoms with Crippen LogP contribution < -0.4 is 0 Å². The second kappa shape index (κ2) is 4.90. The molecule has 2 aromatic rings. The van der Waals surface area contributed by atoms with Crippen LogP contribution in [0, 0.1) is 0 Å². The van der Waals surface area contributed by atoms with Crippen molar-refractivity contribution in [3.63, 3.8) is 0 Å². The zero-order valence-corrected chi connectivity index (χ0v) is 11.8. The number of halogens is 4. The Kier molecular flexibility index (Phi) is 3.34. The smallest absolute Gasteiger partial charge is 0.359 e. The van der Waals surface area contributed by atoms with Crippen LogP contribution in [-0.2, 0) is 10.9 Å². The van der Waals surface area contributed by atoms with Crippen LogP contribution in [0.3, 0.4) is 0 Å². The van der Waals surface area contributed by atoms with Gasteiger partial charge in [-0.05, 0) is 29.3 Å². The third-order valence-electron chi connectivity index (χ3n) is 3.27. The van der Waals surface area contributed by atoms with E-state index in [1.54, 1.807) is 0 Å². The van der Waals surface area contributed by atoms with Gasteiger partial charge in [0.15, 0.2) is 0 Å². The average molecular weight is 343 g/mol. The Morgan fingerprint density at radius 3 is 2.15 bits per heavy atom. The average Bonchev–Trinajstić information content (AvgIpc) is 3.19. The summed E-state index contributed by atoms with van der Waals surface area (Å²) in [6.07, 6.45) is -4.57. The quantitative estimate of drug-likeness (QED) is 0.676. The summed E-state index contributed by atoms with van der Waals surface area (Å²) in [5, 5.41) is 0. The molecular weight excluding hydrogens is 333 g/mol. The van der Waals surface area contributed by atoms with Gasteiger partial charge in [-0.2, -0.15) is 13.2 Å². The van der Waals surface area contributed by atoms with Crippen molar-refractivity contribution in [2.75, 3.05) is 0 Å². The van der Waals surface area contributed by atoms with Crippen molar-refractivity contribution in [2.24, 2.45) is 0 Å². The minimum absolute atomic E-state index is 0.0951. The van der Waals surface area contributed by atoms with Gasteiger partial charge in [0.25, 0.3) is 0 Å². The van der Waals surface area contributed by atoms with E-state index in [0.29, 0.717) is 0 Å². The first-order chi connectivity index (χ1) is 9.47. The van der Waals surface area contributed by atoms with Crippen molar-refractivity contribution in [2.45, 2.75) is 18.4 Å². The molecule has 20 heavy (non-hydrogen) atoms. The third kappa shape index (κ3) is 2.60. The molecule has 2 atom stereocenters. The van der Waals surface area contributed by atoms with E-state index in [1.807, 2.05) is 24.3 Å². The summed E-state index contributed by atoms with van der Waals surface area (Å²) >= 11 is 3.45. The van der Waals surface area contributed by atoms with Crippen molar-refractivity contribution in [1.29, 1.82) is 0 Å². The lowest BCUT2D eigenvalue weighted by atomic mass is 10.0. The van der Waals surface area contributed by atoms with E-state index in [-0.39, 0.29) is 12.2 Å². The van der Waals surface area contributed by atoms with Crippen molar-refractivity contribution in [3.05, 3.63) is 69.7 Å². The van der Waals surface area contributed by atoms with Crippen LogP contribution in [0.4, 0.5) is 13.2 Å². The van der Waals surface area contributed by atoms with Crippen molar-refractivity contribution in [3.8, 4) is 0 Å². The summed E-state index contributed by atoms with van der Waals surface area (Å²) in [4.78, 5) is 0. The molecule has 0 aliphatic carbocycles. The Morgan fingerprint density at radius 2 is 1.55 bits per heavy atom. The number of benzene rings is 2. The molecule has 5 heteroatoms. The molecule has 0 saturated carbocycles. The molecule has 0 aromatic heterocycles. The standard InChI is InChI=1S/C15H10BrF3O/c16-12-4-2-1-3-11(12)14-13(20-14)9-5-7-10(8-6-9)15(17,18)19/h1-8,13-14H/t13-,14-/m1/s1. The lowest BCUT2D eigenvalue weighted by Crippen LogP contribution is -2.04. The molecule has 1 nitrogen and oxygen atoms in total. The molecule has 0 amide bonds. The highest BCUT2D eigenvalue weighted by molar-refractivity contribution is 9.10. The number of ether oxygens (including phenoxy) is 1. The minimum Gasteiger partial charge on any atom is -0.359 e. The zero-order valence-electron chi connectivity index (χ0n) is 10.2. The van der Waals surface area contributed by atoms with Gasteiger partial charge >= 0.3 is 6.18 Å². The van der Waals surface area contributed by atoms with Gasteiger partial charge in [0.05, 0.1) is 5.56 Å². The van der Waals surface area contributed by atoms with E-state index in [4.69, 9.17) is 4.74 Å². The van der Waals surface area contributed by atoms with Crippen LogP contribution in [0.1, 0.15) is 28.9 Å². The molecule has 0 N–H and O–H groups in total. The molecule has 1 fully saturated rings. The van der Waals surface area contributed by atoms with Gasteiger partial charge in [0, 0.05) is 4.47 Å². The summed E-state index contributed by atoms with van der Waals surface area (Å²) in [5.74, 6) is 0. The van der Waals surface area contributed by atoms with E-state index in [0.717, 1.165) is 27.7 Å². The maximum absolute atomic E-state index is 12.5. The van der Waals surface area contributed by atoms with Crippen LogP contribution in [-0.4, -0.2) is 0 Å². The fourth-order valence-corrected chi connectivity index (χ4v) is 2.68. The fourth-order valence-electron chi connectivity index (χ4n) is 2.17. The molecule has 0 radical (unpaired) electrons. The number of hydrogen-bond acceptors (Lipinski definition) is 1. The Hall–Kier alpha value is -1.33. The van der Waals surface area contributed by atoms with Crippen LogP contribution in [0.2, 0.25) is 0 Å². The predicted molar refractivity (Wildman–Crippen MR) is 72.2 cm³/mol. The number of hydrogen-bond donors (Lipinski definition) is 0. The molecule has 1 heterocycles. The summed E-state index contributed by atoms with van der Waals surface area (Å²) in [6.45, 7) is 0. The van der Waals surface area contributed by atoms with E-state index in [2.05, 4.69) is 15.9 Å². The zero-order chi connectivity index (χ0) is 14.3. The van der Waals surface area contributed by atoms with Gasteiger partial charge in [0.2, 0.25) is 0 Å². The molecular formula is C15H10BrF3O. The molecule has 0 bridgehead atoms. The van der Waals surface area contributed by atoms with Crippen molar-refractivity contribution < 1.29 is 17.9 Å². The lowest BCUT2D eigenvalue weighted by Gasteiger charge is -2.06. The maximum atomic E-state index is 12.5. The second-order valence-electron chi connectivity index (χ2n) is 4.62. The molecule has 1 aliphatic heterocycles. The Bertz CT molecular complexity index is 622. The number of alkyl halides is 3. The molecule has 3 rings (SSSR count). The first kappa shape index (κ1) is 13.6. The SMILES string of the molecule is FC(F)(F)c1ccc([C@H]2O[C@@H]2c2ccccc2Br)cc1.